The van der Waals surface area contributed by atoms with Gasteiger partial charge in [0.15, 0.2) is 0 Å². The van der Waals surface area contributed by atoms with Crippen LogP contribution in [0.25, 0.3) is 5.76 Å². The van der Waals surface area contributed by atoms with Gasteiger partial charge in [0.05, 0.1) is 17.3 Å². The van der Waals surface area contributed by atoms with E-state index in [-0.39, 0.29) is 17.0 Å². The second kappa shape index (κ2) is 8.10. The van der Waals surface area contributed by atoms with E-state index in [0.29, 0.717) is 11.1 Å². The van der Waals surface area contributed by atoms with Gasteiger partial charge < -0.3 is 5.11 Å². The van der Waals surface area contributed by atoms with Gasteiger partial charge in [-0.1, -0.05) is 31.2 Å². The standard InChI is InChI=1S/C24H18F2N2O3/c1-2-14-3-5-16(6-4-14)22(29)20-21(15-9-11-27-12-10-15)28(24(31)23(20)30)19-13-17(25)7-8-18(19)26/h3-13,21,29H,2H2,1H3/b22-20+. The van der Waals surface area contributed by atoms with Crippen molar-refractivity contribution in [2.75, 3.05) is 4.90 Å². The molecule has 0 bridgehead atoms. The van der Waals surface area contributed by atoms with E-state index in [1.165, 1.54) is 12.4 Å². The van der Waals surface area contributed by atoms with Gasteiger partial charge in [0.1, 0.15) is 17.4 Å². The number of aryl methyl sites for hydroxylation is 1. The number of anilines is 1. The molecule has 2 aromatic carbocycles. The Labute approximate surface area is 177 Å². The van der Waals surface area contributed by atoms with Gasteiger partial charge in [0.25, 0.3) is 11.7 Å². The van der Waals surface area contributed by atoms with Gasteiger partial charge in [-0.3, -0.25) is 19.5 Å². The predicted octanol–water partition coefficient (Wildman–Crippen LogP) is 4.55. The molecule has 1 aliphatic heterocycles. The minimum Gasteiger partial charge on any atom is -0.507 e. The number of aliphatic hydroxyl groups excluding tert-OH is 1. The van der Waals surface area contributed by atoms with Crippen LogP contribution in [0, 0.1) is 11.6 Å². The Morgan fingerprint density at radius 3 is 2.35 bits per heavy atom. The Bertz CT molecular complexity index is 1190. The molecule has 1 aliphatic rings. The summed E-state index contributed by atoms with van der Waals surface area (Å²) in [6.45, 7) is 1.98. The number of amides is 1. The smallest absolute Gasteiger partial charge is 0.300 e. The fourth-order valence-corrected chi connectivity index (χ4v) is 3.67. The maximum atomic E-state index is 14.6. The highest BCUT2D eigenvalue weighted by atomic mass is 19.1. The third-order valence-corrected chi connectivity index (χ3v) is 5.27. The van der Waals surface area contributed by atoms with E-state index in [0.717, 1.165) is 35.1 Å². The van der Waals surface area contributed by atoms with Gasteiger partial charge in [-0.15, -0.1) is 0 Å². The Hall–Kier alpha value is -3.87. The summed E-state index contributed by atoms with van der Waals surface area (Å²) < 4.78 is 28.5. The van der Waals surface area contributed by atoms with Crippen LogP contribution >= 0.6 is 0 Å². The van der Waals surface area contributed by atoms with Crippen LogP contribution in [0.3, 0.4) is 0 Å². The molecule has 4 rings (SSSR count). The van der Waals surface area contributed by atoms with Gasteiger partial charge in [-0.25, -0.2) is 8.78 Å². The maximum absolute atomic E-state index is 14.6. The van der Waals surface area contributed by atoms with Crippen LogP contribution in [0.2, 0.25) is 0 Å². The minimum atomic E-state index is -1.15. The number of carbonyl (C=O) groups excluding carboxylic acids is 2. The molecule has 0 saturated carbocycles. The van der Waals surface area contributed by atoms with Crippen LogP contribution in [0.5, 0.6) is 0 Å². The molecule has 1 aromatic heterocycles. The monoisotopic (exact) mass is 420 g/mol. The Morgan fingerprint density at radius 2 is 1.71 bits per heavy atom. The normalized spacial score (nSPS) is 17.9. The SMILES string of the molecule is CCc1ccc(/C(O)=C2\C(=O)C(=O)N(c3cc(F)ccc3F)C2c2ccncc2)cc1. The highest BCUT2D eigenvalue weighted by Gasteiger charge is 2.47. The van der Waals surface area contributed by atoms with E-state index in [2.05, 4.69) is 4.98 Å². The molecule has 0 radical (unpaired) electrons. The number of pyridine rings is 1. The lowest BCUT2D eigenvalue weighted by Crippen LogP contribution is -2.30. The predicted molar refractivity (Wildman–Crippen MR) is 111 cm³/mol. The van der Waals surface area contributed by atoms with Gasteiger partial charge in [-0.2, -0.15) is 0 Å². The zero-order valence-electron chi connectivity index (χ0n) is 16.5. The molecular weight excluding hydrogens is 402 g/mol. The number of nitrogens with zero attached hydrogens (tertiary/aromatic N) is 2. The van der Waals surface area contributed by atoms with Gasteiger partial charge in [0, 0.05) is 24.0 Å². The number of carbonyl (C=O) groups is 2. The van der Waals surface area contributed by atoms with Crippen molar-refractivity contribution in [3.8, 4) is 0 Å². The van der Waals surface area contributed by atoms with Crippen molar-refractivity contribution in [2.24, 2.45) is 0 Å². The molecule has 0 aliphatic carbocycles. The largest absolute Gasteiger partial charge is 0.507 e. The van der Waals surface area contributed by atoms with Crippen molar-refractivity contribution in [2.45, 2.75) is 19.4 Å². The van der Waals surface area contributed by atoms with E-state index >= 15 is 0 Å². The van der Waals surface area contributed by atoms with Crippen molar-refractivity contribution < 1.29 is 23.5 Å². The van der Waals surface area contributed by atoms with Crippen LogP contribution in [0.15, 0.2) is 72.6 Å². The number of hydrogen-bond donors (Lipinski definition) is 1. The summed E-state index contributed by atoms with van der Waals surface area (Å²) in [4.78, 5) is 30.7. The van der Waals surface area contributed by atoms with Crippen molar-refractivity contribution in [3.05, 3.63) is 101 Å². The van der Waals surface area contributed by atoms with Crippen LogP contribution in [0.1, 0.15) is 29.7 Å². The quantitative estimate of drug-likeness (QED) is 0.382. The number of Topliss-reactive ketones (excluding diaryl/α,β-unsaturated/α-hetero) is 1. The maximum Gasteiger partial charge on any atom is 0.300 e. The molecule has 2 heterocycles. The summed E-state index contributed by atoms with van der Waals surface area (Å²) in [7, 11) is 0. The molecule has 5 nitrogen and oxygen atoms in total. The molecule has 1 unspecified atom stereocenters. The molecular formula is C24H18F2N2O3. The summed E-state index contributed by atoms with van der Waals surface area (Å²) in [5.41, 5.74) is 1.21. The fraction of sp³-hybridized carbons (Fsp3) is 0.125. The average Bonchev–Trinajstić information content (AvgIpc) is 3.06. The Kier molecular flexibility index (Phi) is 5.33. The number of halogens is 2. The first-order valence-corrected chi connectivity index (χ1v) is 9.67. The highest BCUT2D eigenvalue weighted by molar-refractivity contribution is 6.51. The molecule has 1 fully saturated rings. The highest BCUT2D eigenvalue weighted by Crippen LogP contribution is 2.42. The fourth-order valence-electron chi connectivity index (χ4n) is 3.67. The number of hydrogen-bond acceptors (Lipinski definition) is 4. The van der Waals surface area contributed by atoms with Crippen LogP contribution in [0.4, 0.5) is 14.5 Å². The van der Waals surface area contributed by atoms with E-state index in [9.17, 15) is 23.5 Å². The van der Waals surface area contributed by atoms with Crippen molar-refractivity contribution in [1.82, 2.24) is 4.98 Å². The van der Waals surface area contributed by atoms with Crippen molar-refractivity contribution in [3.63, 3.8) is 0 Å². The molecule has 31 heavy (non-hydrogen) atoms. The molecule has 1 amide bonds. The third kappa shape index (κ3) is 3.59. The van der Waals surface area contributed by atoms with Crippen molar-refractivity contribution in [1.29, 1.82) is 0 Å². The van der Waals surface area contributed by atoms with Gasteiger partial charge in [0.2, 0.25) is 0 Å². The van der Waals surface area contributed by atoms with E-state index in [4.69, 9.17) is 0 Å². The molecule has 156 valence electrons. The number of ketones is 1. The summed E-state index contributed by atoms with van der Waals surface area (Å²) in [6.07, 6.45) is 3.70. The van der Waals surface area contributed by atoms with E-state index in [1.807, 2.05) is 6.92 Å². The van der Waals surface area contributed by atoms with Gasteiger partial charge in [-0.05, 0) is 41.8 Å². The van der Waals surface area contributed by atoms with Crippen LogP contribution < -0.4 is 4.90 Å². The second-order valence-corrected chi connectivity index (χ2v) is 7.10. The van der Waals surface area contributed by atoms with E-state index in [1.54, 1.807) is 36.4 Å². The third-order valence-electron chi connectivity index (χ3n) is 5.27. The summed E-state index contributed by atoms with van der Waals surface area (Å²) in [5.74, 6) is -4.06. The first kappa shape index (κ1) is 20.4. The second-order valence-electron chi connectivity index (χ2n) is 7.10. The molecule has 1 N–H and O–H groups in total. The summed E-state index contributed by atoms with van der Waals surface area (Å²) in [5, 5.41) is 11.0. The topological polar surface area (TPSA) is 70.5 Å². The van der Waals surface area contributed by atoms with Gasteiger partial charge >= 0.3 is 0 Å². The first-order chi connectivity index (χ1) is 14.9. The Balaban J connectivity index is 1.94. The molecule has 1 atom stereocenters. The Morgan fingerprint density at radius 1 is 1.03 bits per heavy atom. The lowest BCUT2D eigenvalue weighted by atomic mass is 9.95. The number of aromatic nitrogens is 1. The van der Waals surface area contributed by atoms with E-state index < -0.39 is 29.4 Å². The number of aliphatic hydroxyl groups is 1. The molecule has 0 spiro atoms. The lowest BCUT2D eigenvalue weighted by molar-refractivity contribution is -0.132. The van der Waals surface area contributed by atoms with Crippen LogP contribution in [-0.4, -0.2) is 21.8 Å². The summed E-state index contributed by atoms with van der Waals surface area (Å²) in [6, 6.07) is 11.5. The number of rotatable bonds is 4. The molecule has 3 aromatic rings. The zero-order valence-corrected chi connectivity index (χ0v) is 16.5. The molecule has 7 heteroatoms. The first-order valence-electron chi connectivity index (χ1n) is 9.67. The lowest BCUT2D eigenvalue weighted by Gasteiger charge is -2.25. The van der Waals surface area contributed by atoms with Crippen molar-refractivity contribution >= 4 is 23.1 Å². The zero-order chi connectivity index (χ0) is 22.1. The summed E-state index contributed by atoms with van der Waals surface area (Å²) >= 11 is 0. The number of benzene rings is 2. The molecule has 1 saturated heterocycles. The minimum absolute atomic E-state index is 0.205. The van der Waals surface area contributed by atoms with Crippen LogP contribution in [-0.2, 0) is 16.0 Å². The average molecular weight is 420 g/mol.